The van der Waals surface area contributed by atoms with Crippen molar-refractivity contribution < 1.29 is 19.1 Å². The molecule has 2 rings (SSSR count). The Morgan fingerprint density at radius 1 is 1.16 bits per heavy atom. The Kier molecular flexibility index (Phi) is 6.38. The van der Waals surface area contributed by atoms with E-state index in [0.717, 1.165) is 5.75 Å². The van der Waals surface area contributed by atoms with E-state index < -0.39 is 6.04 Å². The molecule has 1 fully saturated rings. The van der Waals surface area contributed by atoms with E-state index in [0.29, 0.717) is 13.1 Å². The molecular formula is C18H25N3O4. The number of benzene rings is 1. The maximum absolute atomic E-state index is 12.4. The van der Waals surface area contributed by atoms with Crippen molar-refractivity contribution >= 4 is 17.7 Å². The van der Waals surface area contributed by atoms with Crippen LogP contribution in [0.25, 0.3) is 0 Å². The molecule has 1 atom stereocenters. The Morgan fingerprint density at radius 2 is 1.84 bits per heavy atom. The van der Waals surface area contributed by atoms with Crippen LogP contribution < -0.4 is 4.74 Å². The molecule has 0 unspecified atom stereocenters. The minimum Gasteiger partial charge on any atom is -0.493 e. The van der Waals surface area contributed by atoms with Crippen LogP contribution in [0.1, 0.15) is 13.3 Å². The lowest BCUT2D eigenvalue weighted by Gasteiger charge is -2.41. The van der Waals surface area contributed by atoms with E-state index in [1.165, 1.54) is 16.7 Å². The number of amides is 3. The number of rotatable bonds is 5. The van der Waals surface area contributed by atoms with E-state index in [9.17, 15) is 14.4 Å². The van der Waals surface area contributed by atoms with Crippen LogP contribution >= 0.6 is 0 Å². The number of carbonyl (C=O) groups excluding carboxylic acids is 3. The zero-order valence-electron chi connectivity index (χ0n) is 15.0. The van der Waals surface area contributed by atoms with Crippen molar-refractivity contribution in [2.24, 2.45) is 0 Å². The molecule has 1 heterocycles. The minimum atomic E-state index is -0.625. The topological polar surface area (TPSA) is 70.2 Å². The van der Waals surface area contributed by atoms with E-state index >= 15 is 0 Å². The summed E-state index contributed by atoms with van der Waals surface area (Å²) in [6.45, 7) is 2.75. The van der Waals surface area contributed by atoms with Crippen molar-refractivity contribution in [3.8, 4) is 5.75 Å². The van der Waals surface area contributed by atoms with Crippen LogP contribution in [0.15, 0.2) is 30.3 Å². The lowest BCUT2D eigenvalue weighted by Crippen LogP contribution is -2.61. The summed E-state index contributed by atoms with van der Waals surface area (Å²) >= 11 is 0. The van der Waals surface area contributed by atoms with Crippen molar-refractivity contribution in [2.45, 2.75) is 19.4 Å². The van der Waals surface area contributed by atoms with Gasteiger partial charge in [0.2, 0.25) is 17.7 Å². The van der Waals surface area contributed by atoms with Crippen LogP contribution in [0.5, 0.6) is 5.75 Å². The molecule has 7 nitrogen and oxygen atoms in total. The summed E-state index contributed by atoms with van der Waals surface area (Å²) in [6, 6.07) is 8.68. The number of hydrogen-bond donors (Lipinski definition) is 0. The van der Waals surface area contributed by atoms with E-state index in [-0.39, 0.29) is 37.3 Å². The van der Waals surface area contributed by atoms with Gasteiger partial charge in [-0.05, 0) is 12.1 Å². The Bertz CT molecular complexity index is 618. The third-order valence-electron chi connectivity index (χ3n) is 4.19. The zero-order chi connectivity index (χ0) is 18.4. The maximum atomic E-state index is 12.4. The van der Waals surface area contributed by atoms with Crippen LogP contribution in [0, 0.1) is 0 Å². The standard InChI is InChI=1S/C18H25N3O4/c1-14(22)21-11-10-20(13-16(21)18(24)19(2)3)17(23)9-12-25-15-7-5-4-6-8-15/h4-8,16H,9-13H2,1-3H3/t16-/m0/s1. The lowest BCUT2D eigenvalue weighted by molar-refractivity contribution is -0.150. The predicted octanol–water partition coefficient (Wildman–Crippen LogP) is 0.603. The number of ether oxygens (including phenoxy) is 1. The summed E-state index contributed by atoms with van der Waals surface area (Å²) in [7, 11) is 3.30. The van der Waals surface area contributed by atoms with Gasteiger partial charge >= 0.3 is 0 Å². The zero-order valence-corrected chi connectivity index (χ0v) is 15.0. The third kappa shape index (κ3) is 4.95. The molecule has 3 amide bonds. The summed E-state index contributed by atoms with van der Waals surface area (Å²) < 4.78 is 5.55. The molecule has 1 aromatic carbocycles. The molecule has 0 N–H and O–H groups in total. The van der Waals surface area contributed by atoms with Crippen molar-refractivity contribution in [2.75, 3.05) is 40.3 Å². The molecule has 0 spiro atoms. The van der Waals surface area contributed by atoms with Gasteiger partial charge in [-0.25, -0.2) is 0 Å². The predicted molar refractivity (Wildman–Crippen MR) is 93.0 cm³/mol. The SMILES string of the molecule is CC(=O)N1CCN(C(=O)CCOc2ccccc2)C[C@H]1C(=O)N(C)C. The first-order chi connectivity index (χ1) is 11.9. The van der Waals surface area contributed by atoms with Gasteiger partial charge < -0.3 is 19.4 Å². The highest BCUT2D eigenvalue weighted by atomic mass is 16.5. The second kappa shape index (κ2) is 8.50. The molecule has 0 aliphatic carbocycles. The van der Waals surface area contributed by atoms with Crippen LogP contribution in [0.4, 0.5) is 0 Å². The molecule has 1 aromatic rings. The molecule has 1 aliphatic heterocycles. The van der Waals surface area contributed by atoms with Crippen molar-refractivity contribution in [3.63, 3.8) is 0 Å². The van der Waals surface area contributed by atoms with Gasteiger partial charge in [0.1, 0.15) is 11.8 Å². The Morgan fingerprint density at radius 3 is 2.44 bits per heavy atom. The summed E-state index contributed by atoms with van der Waals surface area (Å²) in [5.41, 5.74) is 0. The Balaban J connectivity index is 1.91. The van der Waals surface area contributed by atoms with Gasteiger partial charge in [-0.1, -0.05) is 18.2 Å². The number of nitrogens with zero attached hydrogens (tertiary/aromatic N) is 3. The van der Waals surface area contributed by atoms with Gasteiger partial charge in [-0.3, -0.25) is 14.4 Å². The highest BCUT2D eigenvalue weighted by Gasteiger charge is 2.36. The van der Waals surface area contributed by atoms with Crippen LogP contribution in [0.2, 0.25) is 0 Å². The molecule has 0 saturated carbocycles. The molecule has 1 aliphatic rings. The first kappa shape index (κ1) is 18.8. The molecule has 1 saturated heterocycles. The van der Waals surface area contributed by atoms with Crippen molar-refractivity contribution in [1.82, 2.24) is 14.7 Å². The number of hydrogen-bond acceptors (Lipinski definition) is 4. The third-order valence-corrected chi connectivity index (χ3v) is 4.19. The van der Waals surface area contributed by atoms with Crippen LogP contribution in [-0.4, -0.2) is 78.8 Å². The Labute approximate surface area is 148 Å². The largest absolute Gasteiger partial charge is 0.493 e. The summed E-state index contributed by atoms with van der Waals surface area (Å²) in [5, 5.41) is 0. The molecule has 136 valence electrons. The van der Waals surface area contributed by atoms with Crippen molar-refractivity contribution in [3.05, 3.63) is 30.3 Å². The fourth-order valence-corrected chi connectivity index (χ4v) is 2.83. The van der Waals surface area contributed by atoms with Gasteiger partial charge in [0, 0.05) is 34.1 Å². The fourth-order valence-electron chi connectivity index (χ4n) is 2.83. The van der Waals surface area contributed by atoms with Gasteiger partial charge in [0.15, 0.2) is 0 Å². The molecule has 0 bridgehead atoms. The first-order valence-corrected chi connectivity index (χ1v) is 8.34. The van der Waals surface area contributed by atoms with Gasteiger partial charge in [-0.2, -0.15) is 0 Å². The molecule has 7 heteroatoms. The van der Waals surface area contributed by atoms with Gasteiger partial charge in [0.25, 0.3) is 0 Å². The van der Waals surface area contributed by atoms with Gasteiger partial charge in [0.05, 0.1) is 19.6 Å². The second-order valence-corrected chi connectivity index (χ2v) is 6.21. The fraction of sp³-hybridized carbons (Fsp3) is 0.500. The van der Waals surface area contributed by atoms with Crippen LogP contribution in [-0.2, 0) is 14.4 Å². The monoisotopic (exact) mass is 347 g/mol. The van der Waals surface area contributed by atoms with E-state index in [4.69, 9.17) is 4.74 Å². The summed E-state index contributed by atoms with van der Waals surface area (Å²) in [6.07, 6.45) is 0.234. The number of para-hydroxylation sites is 1. The number of likely N-dealkylation sites (N-methyl/N-ethyl adjacent to an activating group) is 1. The number of carbonyl (C=O) groups is 3. The lowest BCUT2D eigenvalue weighted by atomic mass is 10.1. The van der Waals surface area contributed by atoms with Crippen molar-refractivity contribution in [1.29, 1.82) is 0 Å². The summed E-state index contributed by atoms with van der Waals surface area (Å²) in [5.74, 6) is 0.320. The minimum absolute atomic E-state index is 0.0734. The molecule has 0 aromatic heterocycles. The smallest absolute Gasteiger partial charge is 0.246 e. The molecular weight excluding hydrogens is 322 g/mol. The highest BCUT2D eigenvalue weighted by Crippen LogP contribution is 2.14. The maximum Gasteiger partial charge on any atom is 0.246 e. The quantitative estimate of drug-likeness (QED) is 0.782. The molecule has 0 radical (unpaired) electrons. The highest BCUT2D eigenvalue weighted by molar-refractivity contribution is 5.88. The molecule has 25 heavy (non-hydrogen) atoms. The average Bonchev–Trinajstić information content (AvgIpc) is 2.61. The van der Waals surface area contributed by atoms with Crippen LogP contribution in [0.3, 0.4) is 0 Å². The number of piperazine rings is 1. The average molecular weight is 347 g/mol. The van der Waals surface area contributed by atoms with E-state index in [2.05, 4.69) is 0 Å². The second-order valence-electron chi connectivity index (χ2n) is 6.21. The first-order valence-electron chi connectivity index (χ1n) is 8.34. The van der Waals surface area contributed by atoms with Gasteiger partial charge in [-0.15, -0.1) is 0 Å². The van der Waals surface area contributed by atoms with E-state index in [1.54, 1.807) is 19.0 Å². The summed E-state index contributed by atoms with van der Waals surface area (Å²) in [4.78, 5) is 41.2. The van der Waals surface area contributed by atoms with E-state index in [1.807, 2.05) is 30.3 Å². The Hall–Kier alpha value is -2.57. The normalized spacial score (nSPS) is 17.2.